The second-order valence-corrected chi connectivity index (χ2v) is 11.3. The minimum Gasteiger partial charge on any atom is -0.494 e. The quantitative estimate of drug-likeness (QED) is 0.0755. The molecule has 0 saturated heterocycles. The van der Waals surface area contributed by atoms with Gasteiger partial charge in [0, 0.05) is 42.2 Å². The summed E-state index contributed by atoms with van der Waals surface area (Å²) in [6, 6.07) is 33.2. The van der Waals surface area contributed by atoms with Crippen LogP contribution in [0.15, 0.2) is 109 Å². The van der Waals surface area contributed by atoms with Crippen LogP contribution in [0.2, 0.25) is 0 Å². The highest BCUT2D eigenvalue weighted by Crippen LogP contribution is 2.22. The van der Waals surface area contributed by atoms with Gasteiger partial charge in [-0.05, 0) is 54.7 Å². The number of nitrogens with one attached hydrogen (secondary N) is 1. The van der Waals surface area contributed by atoms with E-state index in [2.05, 4.69) is 31.3 Å². The number of methoxy groups -OCH3 is 1. The fourth-order valence-electron chi connectivity index (χ4n) is 5.45. The average Bonchev–Trinajstić information content (AvgIpc) is 3.10. The van der Waals surface area contributed by atoms with Crippen molar-refractivity contribution in [3.8, 4) is 5.75 Å². The number of nitrogens with zero attached hydrogens (tertiary/aromatic N) is 1. The highest BCUT2D eigenvalue weighted by molar-refractivity contribution is 6.12. The SMILES string of the molecule is CCC(CC)C(=O)N(CCCOc1ccc(C[C@H](Nc2ccccc2C(=O)c2ccccc2)C(=O)OC)cc1)Cc1ccccc1. The van der Waals surface area contributed by atoms with Gasteiger partial charge in [-0.3, -0.25) is 9.59 Å². The normalized spacial score (nSPS) is 11.5. The first-order chi connectivity index (χ1) is 22.4. The minimum absolute atomic E-state index is 0.0262. The Hall–Kier alpha value is -4.91. The Labute approximate surface area is 272 Å². The van der Waals surface area contributed by atoms with Crippen LogP contribution in [0.1, 0.15) is 60.2 Å². The Morgan fingerprint density at radius 3 is 2.04 bits per heavy atom. The molecule has 4 rings (SSSR count). The third-order valence-corrected chi connectivity index (χ3v) is 8.09. The van der Waals surface area contributed by atoms with Crippen LogP contribution in [0, 0.1) is 5.92 Å². The van der Waals surface area contributed by atoms with Crippen LogP contribution >= 0.6 is 0 Å². The molecular weight excluding hydrogens is 576 g/mol. The Morgan fingerprint density at radius 2 is 1.39 bits per heavy atom. The number of benzene rings is 4. The van der Waals surface area contributed by atoms with Crippen molar-refractivity contribution in [2.45, 2.75) is 52.1 Å². The number of esters is 1. The van der Waals surface area contributed by atoms with Crippen molar-refractivity contribution in [3.63, 3.8) is 0 Å². The molecule has 0 saturated carbocycles. The van der Waals surface area contributed by atoms with E-state index in [1.807, 2.05) is 71.6 Å². The number of carbonyl (C=O) groups excluding carboxylic acids is 3. The minimum atomic E-state index is -0.704. The lowest BCUT2D eigenvalue weighted by Gasteiger charge is -2.27. The van der Waals surface area contributed by atoms with Gasteiger partial charge >= 0.3 is 5.97 Å². The molecule has 0 aliphatic rings. The van der Waals surface area contributed by atoms with Crippen molar-refractivity contribution in [2.24, 2.45) is 5.92 Å². The number of ether oxygens (including phenoxy) is 2. The molecule has 0 heterocycles. The van der Waals surface area contributed by atoms with Crippen molar-refractivity contribution in [3.05, 3.63) is 131 Å². The Kier molecular flexibility index (Phi) is 13.0. The first-order valence-electron chi connectivity index (χ1n) is 16.0. The second kappa shape index (κ2) is 17.5. The zero-order chi connectivity index (χ0) is 32.7. The van der Waals surface area contributed by atoms with Crippen LogP contribution < -0.4 is 10.1 Å². The third kappa shape index (κ3) is 9.54. The van der Waals surface area contributed by atoms with Gasteiger partial charge in [-0.1, -0.05) is 98.8 Å². The maximum atomic E-state index is 13.2. The van der Waals surface area contributed by atoms with E-state index in [4.69, 9.17) is 9.47 Å². The molecule has 0 aliphatic carbocycles. The van der Waals surface area contributed by atoms with Crippen molar-refractivity contribution < 1.29 is 23.9 Å². The molecule has 0 spiro atoms. The maximum absolute atomic E-state index is 13.2. The second-order valence-electron chi connectivity index (χ2n) is 11.3. The van der Waals surface area contributed by atoms with Crippen LogP contribution in [0.5, 0.6) is 5.75 Å². The van der Waals surface area contributed by atoms with Gasteiger partial charge in [-0.25, -0.2) is 4.79 Å². The van der Waals surface area contributed by atoms with Gasteiger partial charge in [0.05, 0.1) is 13.7 Å². The van der Waals surface area contributed by atoms with Gasteiger partial charge in [-0.2, -0.15) is 0 Å². The standard InChI is InChI=1S/C39H44N2O5/c1-4-31(5-2)38(43)41(28-30-15-8-6-9-16-30)25-14-26-46-33-23-21-29(22-24-33)27-36(39(44)45-3)40-35-20-13-12-19-34(35)37(42)32-17-10-7-11-18-32/h6-13,15-24,31,36,40H,4-5,14,25-28H2,1-3H3/t36-/m0/s1. The van der Waals surface area contributed by atoms with Gasteiger partial charge in [0.15, 0.2) is 5.78 Å². The van der Waals surface area contributed by atoms with Gasteiger partial charge in [0.1, 0.15) is 11.8 Å². The monoisotopic (exact) mass is 620 g/mol. The molecular formula is C39H44N2O5. The summed E-state index contributed by atoms with van der Waals surface area (Å²) >= 11 is 0. The van der Waals surface area contributed by atoms with E-state index in [0.29, 0.717) is 55.1 Å². The van der Waals surface area contributed by atoms with E-state index in [0.717, 1.165) is 24.0 Å². The van der Waals surface area contributed by atoms with Crippen LogP contribution in [0.4, 0.5) is 5.69 Å². The number of hydrogen-bond acceptors (Lipinski definition) is 6. The van der Waals surface area contributed by atoms with Gasteiger partial charge < -0.3 is 19.7 Å². The van der Waals surface area contributed by atoms with E-state index in [1.165, 1.54) is 7.11 Å². The van der Waals surface area contributed by atoms with Crippen LogP contribution in [0.3, 0.4) is 0 Å². The number of anilines is 1. The predicted molar refractivity (Wildman–Crippen MR) is 182 cm³/mol. The summed E-state index contributed by atoms with van der Waals surface area (Å²) in [5.74, 6) is 0.380. The smallest absolute Gasteiger partial charge is 0.328 e. The molecule has 7 nitrogen and oxygen atoms in total. The summed E-state index contributed by atoms with van der Waals surface area (Å²) in [6.45, 7) is 5.80. The lowest BCUT2D eigenvalue weighted by Crippen LogP contribution is -2.36. The van der Waals surface area contributed by atoms with Crippen LogP contribution in [0.25, 0.3) is 0 Å². The van der Waals surface area contributed by atoms with Gasteiger partial charge in [0.2, 0.25) is 5.91 Å². The van der Waals surface area contributed by atoms with Crippen LogP contribution in [-0.2, 0) is 27.3 Å². The Bertz CT molecular complexity index is 1540. The fourth-order valence-corrected chi connectivity index (χ4v) is 5.45. The summed E-state index contributed by atoms with van der Waals surface area (Å²) in [4.78, 5) is 41.2. The number of rotatable bonds is 17. The summed E-state index contributed by atoms with van der Waals surface area (Å²) in [5.41, 5.74) is 3.64. The molecule has 4 aromatic carbocycles. The van der Waals surface area contributed by atoms with E-state index in [9.17, 15) is 14.4 Å². The van der Waals surface area contributed by atoms with Crippen molar-refractivity contribution >= 4 is 23.3 Å². The first-order valence-corrected chi connectivity index (χ1v) is 16.0. The zero-order valence-electron chi connectivity index (χ0n) is 27.0. The molecule has 0 aromatic heterocycles. The summed E-state index contributed by atoms with van der Waals surface area (Å²) in [7, 11) is 1.36. The molecule has 0 fully saturated rings. The van der Waals surface area contributed by atoms with Crippen molar-refractivity contribution in [1.29, 1.82) is 0 Å². The molecule has 46 heavy (non-hydrogen) atoms. The summed E-state index contributed by atoms with van der Waals surface area (Å²) < 4.78 is 11.1. The number of para-hydroxylation sites is 1. The molecule has 1 N–H and O–H groups in total. The van der Waals surface area contributed by atoms with Gasteiger partial charge in [0.25, 0.3) is 0 Å². The highest BCUT2D eigenvalue weighted by atomic mass is 16.5. The third-order valence-electron chi connectivity index (χ3n) is 8.09. The molecule has 7 heteroatoms. The van der Waals surface area contributed by atoms with E-state index in [-0.39, 0.29) is 17.6 Å². The lowest BCUT2D eigenvalue weighted by atomic mass is 10.00. The lowest BCUT2D eigenvalue weighted by molar-refractivity contribution is -0.141. The molecule has 0 bridgehead atoms. The zero-order valence-corrected chi connectivity index (χ0v) is 27.0. The number of carbonyl (C=O) groups is 3. The maximum Gasteiger partial charge on any atom is 0.328 e. The molecule has 4 aromatic rings. The Morgan fingerprint density at radius 1 is 0.761 bits per heavy atom. The van der Waals surface area contributed by atoms with Crippen molar-refractivity contribution in [2.75, 3.05) is 25.6 Å². The number of hydrogen-bond donors (Lipinski definition) is 1. The Balaban J connectivity index is 1.35. The average molecular weight is 621 g/mol. The van der Waals surface area contributed by atoms with Crippen molar-refractivity contribution in [1.82, 2.24) is 4.90 Å². The first kappa shape index (κ1) is 34.0. The van der Waals surface area contributed by atoms with E-state index < -0.39 is 12.0 Å². The molecule has 1 atom stereocenters. The summed E-state index contributed by atoms with van der Waals surface area (Å²) in [5, 5.41) is 3.25. The largest absolute Gasteiger partial charge is 0.494 e. The molecule has 240 valence electrons. The number of amides is 1. The predicted octanol–water partition coefficient (Wildman–Crippen LogP) is 7.35. The molecule has 0 aliphatic heterocycles. The molecule has 1 amide bonds. The summed E-state index contributed by atoms with van der Waals surface area (Å²) in [6.07, 6.45) is 2.71. The topological polar surface area (TPSA) is 84.9 Å². The van der Waals surface area contributed by atoms with E-state index in [1.54, 1.807) is 30.3 Å². The number of ketones is 1. The fraction of sp³-hybridized carbons (Fsp3) is 0.308. The highest BCUT2D eigenvalue weighted by Gasteiger charge is 2.23. The van der Waals surface area contributed by atoms with Crippen LogP contribution in [-0.4, -0.2) is 48.9 Å². The van der Waals surface area contributed by atoms with Gasteiger partial charge in [-0.15, -0.1) is 0 Å². The molecule has 0 radical (unpaired) electrons. The van der Waals surface area contributed by atoms with E-state index >= 15 is 0 Å². The molecule has 0 unspecified atom stereocenters.